The van der Waals surface area contributed by atoms with Crippen LogP contribution in [0, 0.1) is 0 Å². The van der Waals surface area contributed by atoms with Gasteiger partial charge in [0.05, 0.1) is 12.5 Å². The van der Waals surface area contributed by atoms with Gasteiger partial charge in [-0.2, -0.15) is 4.65 Å². The van der Waals surface area contributed by atoms with Gasteiger partial charge in [0.25, 0.3) is 0 Å². The third-order valence-corrected chi connectivity index (χ3v) is 7.00. The Kier molecular flexibility index (Phi) is 2.91. The number of carbonyl (C=O) groups is 2. The predicted molar refractivity (Wildman–Crippen MR) is 88.0 cm³/mol. The first-order chi connectivity index (χ1) is 12.2. The molecule has 5 rings (SSSR count). The normalized spacial score (nSPS) is 42.1. The van der Waals surface area contributed by atoms with Gasteiger partial charge in [-0.25, -0.2) is 5.21 Å². The molecule has 0 amide bonds. The molecule has 1 spiro atoms. The highest BCUT2D eigenvalue weighted by Crippen LogP contribution is 2.65. The number of piperidine rings is 1. The maximum atomic E-state index is 12.7. The van der Waals surface area contributed by atoms with Crippen molar-refractivity contribution in [3.63, 3.8) is 0 Å². The Labute approximate surface area is 150 Å². The average Bonchev–Trinajstić information content (AvgIpc) is 2.92. The Morgan fingerprint density at radius 3 is 2.88 bits per heavy atom. The summed E-state index contributed by atoms with van der Waals surface area (Å²) in [5.74, 6) is 0.195. The largest absolute Gasteiger partial charge is 0.477 e. The number of nitrogens with zero attached hydrogens (tertiary/aromatic N) is 1. The summed E-state index contributed by atoms with van der Waals surface area (Å²) < 4.78 is 11.1. The van der Waals surface area contributed by atoms with Crippen LogP contribution >= 0.6 is 0 Å². The first-order valence-corrected chi connectivity index (χ1v) is 9.05. The number of esters is 1. The van der Waals surface area contributed by atoms with Crippen LogP contribution in [0.1, 0.15) is 37.3 Å². The molecule has 2 aliphatic carbocycles. The van der Waals surface area contributed by atoms with Gasteiger partial charge in [-0.3, -0.25) is 9.59 Å². The van der Waals surface area contributed by atoms with E-state index in [2.05, 4.69) is 0 Å². The SMILES string of the molecule is CC(=O)Oc1ccc2c3c1O[C@H]1C(=O)CC[C@@]4(O)[C@@H](C2)[N+](C)(O)CC[C@]314. The molecule has 0 radical (unpaired) electrons. The molecule has 1 aromatic rings. The monoisotopic (exact) mass is 360 g/mol. The molecule has 2 fully saturated rings. The molecule has 1 saturated heterocycles. The smallest absolute Gasteiger partial charge is 0.308 e. The van der Waals surface area contributed by atoms with Gasteiger partial charge in [-0.05, 0) is 18.1 Å². The van der Waals surface area contributed by atoms with Crippen LogP contribution in [0.5, 0.6) is 11.5 Å². The zero-order valence-corrected chi connectivity index (χ0v) is 14.8. The zero-order valence-electron chi connectivity index (χ0n) is 14.8. The fraction of sp³-hybridized carbons (Fsp3) is 0.579. The number of Topliss-reactive ketones (excluding diaryl/α,β-unsaturated/α-hetero) is 1. The quantitative estimate of drug-likeness (QED) is 0.439. The molecule has 2 N–H and O–H groups in total. The van der Waals surface area contributed by atoms with Crippen LogP contribution in [0.25, 0.3) is 0 Å². The minimum atomic E-state index is -1.24. The van der Waals surface area contributed by atoms with Crippen LogP contribution in [-0.2, 0) is 21.4 Å². The van der Waals surface area contributed by atoms with E-state index >= 15 is 0 Å². The van der Waals surface area contributed by atoms with E-state index in [-0.39, 0.29) is 16.9 Å². The second-order valence-electron chi connectivity index (χ2n) is 8.29. The lowest BCUT2D eigenvalue weighted by Gasteiger charge is -2.61. The Morgan fingerprint density at radius 1 is 1.38 bits per heavy atom. The summed E-state index contributed by atoms with van der Waals surface area (Å²) >= 11 is 0. The number of rotatable bonds is 1. The Bertz CT molecular complexity index is 864. The van der Waals surface area contributed by atoms with E-state index in [1.54, 1.807) is 13.1 Å². The molecule has 2 aliphatic heterocycles. The van der Waals surface area contributed by atoms with Crippen molar-refractivity contribution < 1.29 is 34.0 Å². The molecule has 7 heteroatoms. The highest BCUT2D eigenvalue weighted by Gasteiger charge is 2.76. The third-order valence-electron chi connectivity index (χ3n) is 7.00. The van der Waals surface area contributed by atoms with Crippen molar-refractivity contribution in [1.82, 2.24) is 0 Å². The number of quaternary nitrogens is 1. The van der Waals surface area contributed by atoms with Gasteiger partial charge in [0.15, 0.2) is 29.4 Å². The maximum Gasteiger partial charge on any atom is 0.308 e. The van der Waals surface area contributed by atoms with Gasteiger partial charge >= 0.3 is 5.97 Å². The van der Waals surface area contributed by atoms with E-state index in [9.17, 15) is 19.9 Å². The zero-order chi connectivity index (χ0) is 18.5. The van der Waals surface area contributed by atoms with Crippen molar-refractivity contribution in [3.05, 3.63) is 23.3 Å². The molecule has 138 valence electrons. The number of aliphatic hydroxyl groups is 1. The number of ether oxygens (including phenoxy) is 2. The number of likely N-dealkylation sites (tertiary alicyclic amines) is 1. The topological polar surface area (TPSA) is 93.1 Å². The highest BCUT2D eigenvalue weighted by atomic mass is 16.6. The summed E-state index contributed by atoms with van der Waals surface area (Å²) in [5.41, 5.74) is -0.374. The molecule has 5 atom stereocenters. The first-order valence-electron chi connectivity index (χ1n) is 9.05. The van der Waals surface area contributed by atoms with E-state index in [4.69, 9.17) is 9.47 Å². The standard InChI is InChI=1S/C19H22NO6/c1-10(21)25-13-4-3-11-9-14-19(23)6-5-12(22)17-18(19,7-8-20(14,2)24)15(11)16(13)26-17/h3-4,14,17,23-24H,5-9H2,1-2H3/q+1/t14-,17+,18+,19-,20?/m1/s1. The van der Waals surface area contributed by atoms with Gasteiger partial charge in [0, 0.05) is 31.7 Å². The van der Waals surface area contributed by atoms with Crippen molar-refractivity contribution in [3.8, 4) is 11.5 Å². The molecular formula is C19H22NO6+. The molecule has 1 aromatic carbocycles. The summed E-state index contributed by atoms with van der Waals surface area (Å²) in [6, 6.07) is 3.12. The van der Waals surface area contributed by atoms with Crippen LogP contribution < -0.4 is 9.47 Å². The third kappa shape index (κ3) is 1.64. The van der Waals surface area contributed by atoms with Crippen LogP contribution in [0.4, 0.5) is 0 Å². The molecule has 0 aromatic heterocycles. The number of hydrogen-bond acceptors (Lipinski definition) is 6. The molecule has 4 aliphatic rings. The fourth-order valence-electron chi connectivity index (χ4n) is 5.95. The van der Waals surface area contributed by atoms with Crippen molar-refractivity contribution >= 4 is 11.8 Å². The summed E-state index contributed by atoms with van der Waals surface area (Å²) in [6.07, 6.45) is 0.646. The lowest BCUT2D eigenvalue weighted by molar-refractivity contribution is -1.12. The number of hydrogen-bond donors (Lipinski definition) is 2. The average molecular weight is 360 g/mol. The van der Waals surface area contributed by atoms with Crippen molar-refractivity contribution in [2.24, 2.45) is 0 Å². The van der Waals surface area contributed by atoms with Gasteiger partial charge in [-0.15, -0.1) is 0 Å². The van der Waals surface area contributed by atoms with Crippen molar-refractivity contribution in [1.29, 1.82) is 0 Å². The van der Waals surface area contributed by atoms with Gasteiger partial charge < -0.3 is 14.6 Å². The number of likely N-dealkylation sites (N-methyl/N-ethyl adjacent to an activating group) is 1. The second kappa shape index (κ2) is 4.65. The van der Waals surface area contributed by atoms with Gasteiger partial charge in [-0.1, -0.05) is 6.07 Å². The highest BCUT2D eigenvalue weighted by molar-refractivity contribution is 5.90. The van der Waals surface area contributed by atoms with E-state index in [0.29, 0.717) is 37.3 Å². The first kappa shape index (κ1) is 16.2. The number of hydroxylamine groups is 3. The van der Waals surface area contributed by atoms with Crippen molar-refractivity contribution in [2.75, 3.05) is 13.6 Å². The minimum Gasteiger partial charge on any atom is -0.477 e. The molecule has 2 heterocycles. The van der Waals surface area contributed by atoms with E-state index < -0.39 is 29.1 Å². The van der Waals surface area contributed by atoms with Gasteiger partial charge in [0.1, 0.15) is 12.1 Å². The summed E-state index contributed by atoms with van der Waals surface area (Å²) in [4.78, 5) is 24.2. The molecular weight excluding hydrogens is 338 g/mol. The van der Waals surface area contributed by atoms with E-state index in [1.165, 1.54) is 6.92 Å². The Hall–Kier alpha value is -1.96. The lowest BCUT2D eigenvalue weighted by Crippen LogP contribution is -2.80. The summed E-state index contributed by atoms with van der Waals surface area (Å²) in [5, 5.41) is 22.8. The van der Waals surface area contributed by atoms with Gasteiger partial charge in [0.2, 0.25) is 0 Å². The molecule has 2 bridgehead atoms. The summed E-state index contributed by atoms with van der Waals surface area (Å²) in [6.45, 7) is 1.75. The second-order valence-corrected chi connectivity index (χ2v) is 8.29. The van der Waals surface area contributed by atoms with Crippen LogP contribution in [0.15, 0.2) is 12.1 Å². The van der Waals surface area contributed by atoms with E-state index in [0.717, 1.165) is 11.1 Å². The molecule has 1 unspecified atom stereocenters. The maximum absolute atomic E-state index is 12.7. The Balaban J connectivity index is 1.81. The number of benzene rings is 1. The van der Waals surface area contributed by atoms with Crippen LogP contribution in [0.3, 0.4) is 0 Å². The molecule has 26 heavy (non-hydrogen) atoms. The number of ketones is 1. The Morgan fingerprint density at radius 2 is 2.15 bits per heavy atom. The predicted octanol–water partition coefficient (Wildman–Crippen LogP) is 0.869. The fourth-order valence-corrected chi connectivity index (χ4v) is 5.95. The summed E-state index contributed by atoms with van der Waals surface area (Å²) in [7, 11) is 1.72. The van der Waals surface area contributed by atoms with Crippen molar-refractivity contribution in [2.45, 2.75) is 55.8 Å². The van der Waals surface area contributed by atoms with E-state index in [1.807, 2.05) is 6.07 Å². The minimum absolute atomic E-state index is 0.0414. The molecule has 1 saturated carbocycles. The van der Waals surface area contributed by atoms with Crippen LogP contribution in [0.2, 0.25) is 0 Å². The molecule has 7 nitrogen and oxygen atoms in total. The van der Waals surface area contributed by atoms with Crippen LogP contribution in [-0.4, -0.2) is 58.1 Å². The number of carbonyl (C=O) groups excluding carboxylic acids is 2. The lowest BCUT2D eigenvalue weighted by atomic mass is 9.49.